The smallest absolute Gasteiger partial charge is 0.270 e. The summed E-state index contributed by atoms with van der Waals surface area (Å²) in [6.45, 7) is 2.54. The van der Waals surface area contributed by atoms with Gasteiger partial charge in [-0.2, -0.15) is 0 Å². The number of nitrogens with one attached hydrogen (secondary N) is 1. The minimum absolute atomic E-state index is 0.0130. The molecule has 2 atom stereocenters. The van der Waals surface area contributed by atoms with Gasteiger partial charge in [0.2, 0.25) is 5.91 Å². The molecule has 0 saturated carbocycles. The zero-order valence-electron chi connectivity index (χ0n) is 13.4. The van der Waals surface area contributed by atoms with Crippen LogP contribution in [0.2, 0.25) is 0 Å². The summed E-state index contributed by atoms with van der Waals surface area (Å²) in [4.78, 5) is 36.1. The standard InChI is InChI=1S/C18H20N4O2/c23-17-15-12-22(18(24)16-4-2-7-20-16)11-14(15)5-8-21(17)10-13-3-1-6-19-9-13/h1-4,6-7,9,14-15,20H,5,8,10-12H2/t14-,15-/m1/s1. The van der Waals surface area contributed by atoms with Gasteiger partial charge in [0.25, 0.3) is 5.91 Å². The van der Waals surface area contributed by atoms with Gasteiger partial charge in [0.15, 0.2) is 0 Å². The lowest BCUT2D eigenvalue weighted by Gasteiger charge is -2.33. The van der Waals surface area contributed by atoms with E-state index in [0.29, 0.717) is 25.3 Å². The molecule has 2 saturated heterocycles. The Bertz CT molecular complexity index is 729. The number of H-pyrrole nitrogens is 1. The number of aromatic nitrogens is 2. The van der Waals surface area contributed by atoms with Crippen LogP contribution in [0.4, 0.5) is 0 Å². The lowest BCUT2D eigenvalue weighted by molar-refractivity contribution is -0.140. The highest BCUT2D eigenvalue weighted by Crippen LogP contribution is 2.33. The maximum Gasteiger partial charge on any atom is 0.270 e. The monoisotopic (exact) mass is 324 g/mol. The van der Waals surface area contributed by atoms with Crippen molar-refractivity contribution < 1.29 is 9.59 Å². The summed E-state index contributed by atoms with van der Waals surface area (Å²) in [6, 6.07) is 7.47. The van der Waals surface area contributed by atoms with Crippen LogP contribution in [0.25, 0.3) is 0 Å². The predicted molar refractivity (Wildman–Crippen MR) is 87.9 cm³/mol. The minimum atomic E-state index is -0.0747. The molecule has 2 aromatic heterocycles. The van der Waals surface area contributed by atoms with Crippen molar-refractivity contribution in [1.82, 2.24) is 19.8 Å². The Balaban J connectivity index is 1.44. The number of nitrogens with zero attached hydrogens (tertiary/aromatic N) is 3. The largest absolute Gasteiger partial charge is 0.357 e. The molecule has 1 N–H and O–H groups in total. The summed E-state index contributed by atoms with van der Waals surface area (Å²) in [5.74, 6) is 0.355. The van der Waals surface area contributed by atoms with Gasteiger partial charge < -0.3 is 14.8 Å². The molecule has 4 rings (SSSR count). The van der Waals surface area contributed by atoms with Crippen LogP contribution in [0.3, 0.4) is 0 Å². The first-order valence-electron chi connectivity index (χ1n) is 8.33. The van der Waals surface area contributed by atoms with Crippen LogP contribution in [-0.2, 0) is 11.3 Å². The van der Waals surface area contributed by atoms with E-state index in [1.165, 1.54) is 0 Å². The van der Waals surface area contributed by atoms with Gasteiger partial charge in [-0.25, -0.2) is 0 Å². The number of carbonyl (C=O) groups is 2. The predicted octanol–water partition coefficient (Wildman–Crippen LogP) is 1.53. The molecule has 2 aliphatic heterocycles. The third-order valence-electron chi connectivity index (χ3n) is 5.05. The average molecular weight is 324 g/mol. The molecule has 6 heteroatoms. The maximum atomic E-state index is 12.8. The highest BCUT2D eigenvalue weighted by Gasteiger charge is 2.44. The fourth-order valence-electron chi connectivity index (χ4n) is 3.78. The van der Waals surface area contributed by atoms with Gasteiger partial charge in [-0.3, -0.25) is 14.6 Å². The molecule has 4 heterocycles. The fraction of sp³-hybridized carbons (Fsp3) is 0.389. The number of fused-ring (bicyclic) bond motifs is 1. The first-order chi connectivity index (χ1) is 11.7. The molecule has 0 bridgehead atoms. The topological polar surface area (TPSA) is 69.3 Å². The quantitative estimate of drug-likeness (QED) is 0.931. The second-order valence-corrected chi connectivity index (χ2v) is 6.57. The summed E-state index contributed by atoms with van der Waals surface area (Å²) in [7, 11) is 0. The molecule has 0 aromatic carbocycles. The van der Waals surface area contributed by atoms with Crippen molar-refractivity contribution in [2.45, 2.75) is 13.0 Å². The number of rotatable bonds is 3. The van der Waals surface area contributed by atoms with E-state index in [0.717, 1.165) is 18.5 Å². The highest BCUT2D eigenvalue weighted by molar-refractivity contribution is 5.93. The number of pyridine rings is 1. The summed E-state index contributed by atoms with van der Waals surface area (Å²) >= 11 is 0. The van der Waals surface area contributed by atoms with E-state index >= 15 is 0 Å². The lowest BCUT2D eigenvalue weighted by Crippen LogP contribution is -2.44. The van der Waals surface area contributed by atoms with E-state index in [9.17, 15) is 9.59 Å². The Morgan fingerprint density at radius 1 is 1.29 bits per heavy atom. The van der Waals surface area contributed by atoms with Crippen LogP contribution in [0.15, 0.2) is 42.9 Å². The first kappa shape index (κ1) is 14.9. The molecule has 124 valence electrons. The maximum absolute atomic E-state index is 12.8. The molecule has 24 heavy (non-hydrogen) atoms. The van der Waals surface area contributed by atoms with Crippen LogP contribution in [0.5, 0.6) is 0 Å². The average Bonchev–Trinajstić information content (AvgIpc) is 3.27. The molecule has 6 nitrogen and oxygen atoms in total. The lowest BCUT2D eigenvalue weighted by atomic mass is 9.88. The Labute approximate surface area is 140 Å². The van der Waals surface area contributed by atoms with Crippen LogP contribution < -0.4 is 0 Å². The van der Waals surface area contributed by atoms with Gasteiger partial charge in [0.05, 0.1) is 5.92 Å². The molecule has 2 fully saturated rings. The third kappa shape index (κ3) is 2.68. The third-order valence-corrected chi connectivity index (χ3v) is 5.05. The van der Waals surface area contributed by atoms with Crippen molar-refractivity contribution in [2.24, 2.45) is 11.8 Å². The second kappa shape index (κ2) is 6.11. The summed E-state index contributed by atoms with van der Waals surface area (Å²) < 4.78 is 0. The van der Waals surface area contributed by atoms with Crippen molar-refractivity contribution in [3.63, 3.8) is 0 Å². The Hall–Kier alpha value is -2.63. The summed E-state index contributed by atoms with van der Waals surface area (Å²) in [5.41, 5.74) is 1.63. The summed E-state index contributed by atoms with van der Waals surface area (Å²) in [5, 5.41) is 0. The molecule has 2 amide bonds. The van der Waals surface area contributed by atoms with Gasteiger partial charge >= 0.3 is 0 Å². The molecular formula is C18H20N4O2. The second-order valence-electron chi connectivity index (χ2n) is 6.57. The van der Waals surface area contributed by atoms with E-state index in [1.807, 2.05) is 28.0 Å². The zero-order valence-corrected chi connectivity index (χ0v) is 13.4. The van der Waals surface area contributed by atoms with Crippen molar-refractivity contribution in [3.8, 4) is 0 Å². The number of amides is 2. The van der Waals surface area contributed by atoms with Gasteiger partial charge in [0.1, 0.15) is 5.69 Å². The van der Waals surface area contributed by atoms with E-state index in [4.69, 9.17) is 0 Å². The molecule has 2 aliphatic rings. The van der Waals surface area contributed by atoms with Gasteiger partial charge in [-0.05, 0) is 36.1 Å². The van der Waals surface area contributed by atoms with E-state index < -0.39 is 0 Å². The Kier molecular flexibility index (Phi) is 3.80. The van der Waals surface area contributed by atoms with Gasteiger partial charge in [-0.1, -0.05) is 6.07 Å². The molecule has 0 spiro atoms. The van der Waals surface area contributed by atoms with Crippen LogP contribution in [0, 0.1) is 11.8 Å². The number of likely N-dealkylation sites (tertiary alicyclic amines) is 2. The molecular weight excluding hydrogens is 304 g/mol. The summed E-state index contributed by atoms with van der Waals surface area (Å²) in [6.07, 6.45) is 6.23. The van der Waals surface area contributed by atoms with E-state index in [1.54, 1.807) is 24.7 Å². The zero-order chi connectivity index (χ0) is 16.5. The van der Waals surface area contributed by atoms with Crippen LogP contribution >= 0.6 is 0 Å². The van der Waals surface area contributed by atoms with Crippen molar-refractivity contribution >= 4 is 11.8 Å². The first-order valence-corrected chi connectivity index (χ1v) is 8.33. The number of carbonyl (C=O) groups excluding carboxylic acids is 2. The SMILES string of the molecule is O=C(c1ccc[nH]1)N1C[C@H]2CCN(Cc3cccnc3)C(=O)[C@@H]2C1. The van der Waals surface area contributed by atoms with Crippen LogP contribution in [0.1, 0.15) is 22.5 Å². The van der Waals surface area contributed by atoms with E-state index in [2.05, 4.69) is 9.97 Å². The molecule has 0 radical (unpaired) electrons. The van der Waals surface area contributed by atoms with Gasteiger partial charge in [0, 0.05) is 44.8 Å². The molecule has 0 aliphatic carbocycles. The Morgan fingerprint density at radius 2 is 2.21 bits per heavy atom. The van der Waals surface area contributed by atoms with Crippen molar-refractivity contribution in [1.29, 1.82) is 0 Å². The number of hydrogen-bond donors (Lipinski definition) is 1. The number of aromatic amines is 1. The number of hydrogen-bond acceptors (Lipinski definition) is 3. The normalized spacial score (nSPS) is 23.4. The van der Waals surface area contributed by atoms with Crippen LogP contribution in [-0.4, -0.2) is 51.2 Å². The van der Waals surface area contributed by atoms with E-state index in [-0.39, 0.29) is 23.7 Å². The minimum Gasteiger partial charge on any atom is -0.357 e. The Morgan fingerprint density at radius 3 is 2.96 bits per heavy atom. The molecule has 2 aromatic rings. The molecule has 0 unspecified atom stereocenters. The van der Waals surface area contributed by atoms with Crippen molar-refractivity contribution in [2.75, 3.05) is 19.6 Å². The highest BCUT2D eigenvalue weighted by atomic mass is 16.2. The van der Waals surface area contributed by atoms with Crippen molar-refractivity contribution in [3.05, 3.63) is 54.1 Å². The number of piperidine rings is 1. The van der Waals surface area contributed by atoms with Gasteiger partial charge in [-0.15, -0.1) is 0 Å². The fourth-order valence-corrected chi connectivity index (χ4v) is 3.78.